The van der Waals surface area contributed by atoms with E-state index in [9.17, 15) is 0 Å². The fraction of sp³-hybridized carbons (Fsp3) is 0. The summed E-state index contributed by atoms with van der Waals surface area (Å²) in [5.74, 6) is 0. The van der Waals surface area contributed by atoms with Crippen LogP contribution >= 0.6 is 0 Å². The maximum atomic E-state index is 8.67. The second-order valence-electron chi connectivity index (χ2n) is 0.238. The number of hydrogen-bond donors (Lipinski definition) is 1. The third-order valence-corrected chi connectivity index (χ3v) is 0. The fourth-order valence-corrected chi connectivity index (χ4v) is 0. The van der Waals surface area contributed by atoms with Crippen molar-refractivity contribution in [1.29, 1.82) is 0 Å². The van der Waals surface area contributed by atoms with Gasteiger partial charge in [0.05, 0.1) is 0 Å². The molecular formula is H3CaO3V. The van der Waals surface area contributed by atoms with Crippen molar-refractivity contribution in [3.8, 4) is 0 Å². The summed E-state index contributed by atoms with van der Waals surface area (Å²) < 4.78 is 24.4. The minimum absolute atomic E-state index is 0. The Balaban J connectivity index is -0.0000000150. The third kappa shape index (κ3) is 31.8. The molecule has 0 amide bonds. The molecule has 0 aromatic rings. The monoisotopic (exact) mass is 142 g/mol. The van der Waals surface area contributed by atoms with Crippen LogP contribution < -0.4 is 0 Å². The van der Waals surface area contributed by atoms with Crippen LogP contribution in [0.25, 0.3) is 0 Å². The van der Waals surface area contributed by atoms with Gasteiger partial charge in [-0.25, -0.2) is 0 Å². The Bertz CT molecular complexity index is 61.3. The Hall–Kier alpha value is 1.40. The molecule has 0 aromatic carbocycles. The van der Waals surface area contributed by atoms with Crippen molar-refractivity contribution < 1.29 is 29.6 Å². The standard InChI is InChI=1S/Ca.H2O.2O.V.2H/h;1H2;;;;;/q+2;;;;+1;2*-1/p-1. The Labute approximate surface area is 66.7 Å². The van der Waals surface area contributed by atoms with E-state index in [1.807, 2.05) is 0 Å². The average molecular weight is 142 g/mol. The van der Waals surface area contributed by atoms with Gasteiger partial charge in [0.15, 0.2) is 0 Å². The Morgan fingerprint density at radius 3 is 1.60 bits per heavy atom. The van der Waals surface area contributed by atoms with E-state index in [2.05, 4.69) is 0 Å². The van der Waals surface area contributed by atoms with Crippen LogP contribution in [0.2, 0.25) is 0 Å². The van der Waals surface area contributed by atoms with Crippen LogP contribution in [0.15, 0.2) is 0 Å². The molecule has 0 spiro atoms. The van der Waals surface area contributed by atoms with E-state index in [0.717, 1.165) is 0 Å². The van der Waals surface area contributed by atoms with Gasteiger partial charge in [-0.2, -0.15) is 0 Å². The molecular weight excluding hydrogens is 139 g/mol. The van der Waals surface area contributed by atoms with Gasteiger partial charge in [-0.05, 0) is 0 Å². The first-order valence-corrected chi connectivity index (χ1v) is 2.33. The zero-order chi connectivity index (χ0) is 3.58. The first-order valence-electron chi connectivity index (χ1n) is 0.565. The van der Waals surface area contributed by atoms with E-state index in [-0.39, 0.29) is 40.6 Å². The Morgan fingerprint density at radius 1 is 1.60 bits per heavy atom. The summed E-state index contributed by atoms with van der Waals surface area (Å²) in [5, 5.41) is 0. The summed E-state index contributed by atoms with van der Waals surface area (Å²) in [4.78, 5) is 0. The van der Waals surface area contributed by atoms with Gasteiger partial charge < -0.3 is 2.85 Å². The number of rotatable bonds is 0. The van der Waals surface area contributed by atoms with Crippen molar-refractivity contribution >= 4 is 37.7 Å². The predicted octanol–water partition coefficient (Wildman–Crippen LogP) is -0.953. The first kappa shape index (κ1) is 9.64. The molecule has 0 aromatic heterocycles. The van der Waals surface area contributed by atoms with Gasteiger partial charge in [-0.1, -0.05) is 0 Å². The summed E-state index contributed by atoms with van der Waals surface area (Å²) in [6.07, 6.45) is 0. The van der Waals surface area contributed by atoms with Crippen molar-refractivity contribution in [2.45, 2.75) is 0 Å². The SMILES string of the molecule is [Ca+2].[H-].[H-].[O]=[V](=[O])[OH]. The van der Waals surface area contributed by atoms with Crippen LogP contribution in [-0.2, 0) is 22.7 Å². The molecule has 0 aliphatic carbocycles. The van der Waals surface area contributed by atoms with Gasteiger partial charge in [-0.3, -0.25) is 0 Å². The molecule has 1 N–H and O–H groups in total. The average Bonchev–Trinajstić information content (AvgIpc) is 0.811. The molecule has 0 aliphatic rings. The van der Waals surface area contributed by atoms with Crippen LogP contribution in [0.4, 0.5) is 0 Å². The van der Waals surface area contributed by atoms with Crippen LogP contribution in [-0.4, -0.2) is 41.8 Å². The summed E-state index contributed by atoms with van der Waals surface area (Å²) in [6.45, 7) is 0. The van der Waals surface area contributed by atoms with Crippen LogP contribution in [0.3, 0.4) is 0 Å². The van der Waals surface area contributed by atoms with Gasteiger partial charge in [0.1, 0.15) is 0 Å². The van der Waals surface area contributed by atoms with Crippen molar-refractivity contribution in [3.63, 3.8) is 0 Å². The molecule has 0 bridgehead atoms. The summed E-state index contributed by atoms with van der Waals surface area (Å²) in [7, 11) is 0. The van der Waals surface area contributed by atoms with E-state index >= 15 is 0 Å². The summed E-state index contributed by atoms with van der Waals surface area (Å²) in [5.41, 5.74) is 0. The van der Waals surface area contributed by atoms with E-state index in [0.29, 0.717) is 0 Å². The molecule has 0 atom stereocenters. The zero-order valence-corrected chi connectivity index (χ0v) is 6.02. The van der Waals surface area contributed by atoms with Gasteiger partial charge in [-0.15, -0.1) is 0 Å². The molecule has 0 saturated carbocycles. The van der Waals surface area contributed by atoms with Crippen molar-refractivity contribution in [1.82, 2.24) is 0 Å². The molecule has 0 fully saturated rings. The molecule has 0 unspecified atom stereocenters. The third-order valence-electron chi connectivity index (χ3n) is 0. The van der Waals surface area contributed by atoms with E-state index in [1.54, 1.807) is 0 Å². The molecule has 5 heteroatoms. The van der Waals surface area contributed by atoms with Crippen molar-refractivity contribution in [2.24, 2.45) is 0 Å². The van der Waals surface area contributed by atoms with Crippen LogP contribution in [0.5, 0.6) is 0 Å². The van der Waals surface area contributed by atoms with Gasteiger partial charge in [0, 0.05) is 0 Å². The molecule has 5 heavy (non-hydrogen) atoms. The Morgan fingerprint density at radius 2 is 1.60 bits per heavy atom. The van der Waals surface area contributed by atoms with Crippen molar-refractivity contribution in [3.05, 3.63) is 0 Å². The van der Waals surface area contributed by atoms with Gasteiger partial charge >= 0.3 is 64.5 Å². The fourth-order valence-electron chi connectivity index (χ4n) is 0. The second kappa shape index (κ2) is 5.40. The molecule has 0 saturated heterocycles. The molecule has 0 rings (SSSR count). The summed E-state index contributed by atoms with van der Waals surface area (Å²) in [6, 6.07) is 0. The van der Waals surface area contributed by atoms with Gasteiger partial charge in [0.25, 0.3) is 0 Å². The second-order valence-corrected chi connectivity index (χ2v) is 0.981. The first-order chi connectivity index (χ1) is 1.73. The molecule has 3 nitrogen and oxygen atoms in total. The normalized spacial score (nSPS) is 5.00. The molecule has 28 valence electrons. The van der Waals surface area contributed by atoms with Crippen molar-refractivity contribution in [2.75, 3.05) is 0 Å². The molecule has 0 radical (unpaired) electrons. The topological polar surface area (TPSA) is 54.4 Å². The van der Waals surface area contributed by atoms with E-state index in [1.165, 1.54) is 0 Å². The predicted molar refractivity (Wildman–Crippen MR) is 11.6 cm³/mol. The van der Waals surface area contributed by atoms with Crippen LogP contribution in [0, 0.1) is 0 Å². The van der Waals surface area contributed by atoms with E-state index < -0.39 is 15.4 Å². The molecule has 0 aliphatic heterocycles. The number of hydrogen-bond acceptors (Lipinski definition) is 2. The molecule has 0 heterocycles. The van der Waals surface area contributed by atoms with Gasteiger partial charge in [0.2, 0.25) is 0 Å². The zero-order valence-electron chi connectivity index (χ0n) is 4.42. The van der Waals surface area contributed by atoms with E-state index in [4.69, 9.17) is 11.4 Å². The Kier molecular flexibility index (Phi) is 10.4. The van der Waals surface area contributed by atoms with Crippen LogP contribution in [0.1, 0.15) is 2.85 Å². The maximum absolute atomic E-state index is 8.67. The quantitative estimate of drug-likeness (QED) is 0.443. The summed E-state index contributed by atoms with van der Waals surface area (Å²) >= 11 is -3.69. The minimum atomic E-state index is -3.69.